The van der Waals surface area contributed by atoms with Crippen molar-refractivity contribution in [3.05, 3.63) is 34.9 Å². The van der Waals surface area contributed by atoms with E-state index in [1.165, 1.54) is 6.92 Å². The standard InChI is InChI=1S/C12H13Cl4NO5S/c1-8(18)22-11(9-4-2-3-5-10(9)13)6-17-23(19,20)21-7-12(14,15)16/h2-5,11,17H,6-7H2,1H3. The molecule has 130 valence electrons. The lowest BCUT2D eigenvalue weighted by Crippen LogP contribution is -2.33. The summed E-state index contributed by atoms with van der Waals surface area (Å²) in [5.74, 6) is -0.601. The van der Waals surface area contributed by atoms with Crippen LogP contribution in [-0.2, 0) is 24.0 Å². The van der Waals surface area contributed by atoms with Crippen molar-refractivity contribution >= 4 is 62.7 Å². The van der Waals surface area contributed by atoms with Crippen LogP contribution in [0.3, 0.4) is 0 Å². The van der Waals surface area contributed by atoms with E-state index < -0.39 is 32.8 Å². The van der Waals surface area contributed by atoms with Gasteiger partial charge in [-0.15, -0.1) is 0 Å². The van der Waals surface area contributed by atoms with E-state index in [1.807, 2.05) is 0 Å². The first-order valence-corrected chi connectivity index (χ1v) is 9.04. The number of ether oxygens (including phenoxy) is 1. The van der Waals surface area contributed by atoms with Gasteiger partial charge in [-0.25, -0.2) is 0 Å². The third-order valence-electron chi connectivity index (χ3n) is 2.38. The highest BCUT2D eigenvalue weighted by Crippen LogP contribution is 2.27. The summed E-state index contributed by atoms with van der Waals surface area (Å²) in [6, 6.07) is 6.55. The van der Waals surface area contributed by atoms with Crippen LogP contribution < -0.4 is 4.72 Å². The second-order valence-electron chi connectivity index (χ2n) is 4.30. The van der Waals surface area contributed by atoms with Crippen LogP contribution in [0.4, 0.5) is 0 Å². The molecule has 1 N–H and O–H groups in total. The minimum Gasteiger partial charge on any atom is -0.456 e. The molecule has 0 saturated heterocycles. The number of rotatable bonds is 7. The predicted molar refractivity (Wildman–Crippen MR) is 89.1 cm³/mol. The molecule has 1 atom stereocenters. The highest BCUT2D eigenvalue weighted by atomic mass is 35.6. The number of hydrogen-bond acceptors (Lipinski definition) is 5. The number of alkyl halides is 3. The first-order chi connectivity index (χ1) is 10.5. The van der Waals surface area contributed by atoms with Gasteiger partial charge in [-0.3, -0.25) is 8.98 Å². The van der Waals surface area contributed by atoms with E-state index in [0.717, 1.165) is 0 Å². The fourth-order valence-electron chi connectivity index (χ4n) is 1.52. The fourth-order valence-corrected chi connectivity index (χ4v) is 2.90. The zero-order valence-corrected chi connectivity index (χ0v) is 15.6. The SMILES string of the molecule is CC(=O)OC(CNS(=O)(=O)OCC(Cl)(Cl)Cl)c1ccccc1Cl. The van der Waals surface area contributed by atoms with Gasteiger partial charge in [-0.1, -0.05) is 64.6 Å². The fraction of sp³-hybridized carbons (Fsp3) is 0.417. The lowest BCUT2D eigenvalue weighted by molar-refractivity contribution is -0.146. The van der Waals surface area contributed by atoms with Gasteiger partial charge < -0.3 is 4.74 Å². The maximum atomic E-state index is 11.7. The average molecular weight is 425 g/mol. The quantitative estimate of drug-likeness (QED) is 0.536. The van der Waals surface area contributed by atoms with Gasteiger partial charge in [0.15, 0.2) is 0 Å². The summed E-state index contributed by atoms with van der Waals surface area (Å²) < 4.78 is 33.2. The Labute approximate surface area is 154 Å². The van der Waals surface area contributed by atoms with E-state index in [1.54, 1.807) is 24.3 Å². The second-order valence-corrected chi connectivity index (χ2v) is 8.66. The molecule has 23 heavy (non-hydrogen) atoms. The summed E-state index contributed by atoms with van der Waals surface area (Å²) in [4.78, 5) is 11.2. The molecule has 0 radical (unpaired) electrons. The van der Waals surface area contributed by atoms with Crippen LogP contribution in [0.5, 0.6) is 0 Å². The highest BCUT2D eigenvalue weighted by molar-refractivity contribution is 7.84. The molecule has 0 bridgehead atoms. The topological polar surface area (TPSA) is 81.7 Å². The minimum atomic E-state index is -4.20. The third-order valence-corrected chi connectivity index (χ3v) is 4.00. The number of carbonyl (C=O) groups excluding carboxylic acids is 1. The van der Waals surface area contributed by atoms with Crippen molar-refractivity contribution in [2.75, 3.05) is 13.2 Å². The highest BCUT2D eigenvalue weighted by Gasteiger charge is 2.26. The van der Waals surface area contributed by atoms with E-state index in [-0.39, 0.29) is 6.54 Å². The second kappa shape index (κ2) is 8.71. The molecular formula is C12H13Cl4NO5S. The van der Waals surface area contributed by atoms with Crippen LogP contribution in [0.15, 0.2) is 24.3 Å². The maximum absolute atomic E-state index is 11.7. The van der Waals surface area contributed by atoms with Crippen LogP contribution in [0.1, 0.15) is 18.6 Å². The Bertz CT molecular complexity index is 647. The Kier molecular flexibility index (Phi) is 7.86. The van der Waals surface area contributed by atoms with Crippen molar-refractivity contribution in [1.29, 1.82) is 0 Å². The predicted octanol–water partition coefficient (Wildman–Crippen LogP) is 3.17. The minimum absolute atomic E-state index is 0.300. The molecule has 1 rings (SSSR count). The number of esters is 1. The van der Waals surface area contributed by atoms with Crippen LogP contribution in [0.25, 0.3) is 0 Å². The van der Waals surface area contributed by atoms with Gasteiger partial charge in [-0.05, 0) is 6.07 Å². The molecule has 1 unspecified atom stereocenters. The summed E-state index contributed by atoms with van der Waals surface area (Å²) in [6.45, 7) is 0.223. The van der Waals surface area contributed by atoms with E-state index >= 15 is 0 Å². The monoisotopic (exact) mass is 423 g/mol. The molecule has 0 amide bonds. The summed E-state index contributed by atoms with van der Waals surface area (Å²) in [7, 11) is -4.20. The largest absolute Gasteiger partial charge is 0.456 e. The lowest BCUT2D eigenvalue weighted by Gasteiger charge is -2.19. The van der Waals surface area contributed by atoms with Crippen LogP contribution >= 0.6 is 46.4 Å². The average Bonchev–Trinajstić information content (AvgIpc) is 2.41. The normalized spacial score (nSPS) is 13.6. The van der Waals surface area contributed by atoms with Crippen molar-refractivity contribution in [2.24, 2.45) is 0 Å². The number of nitrogens with one attached hydrogen (secondary N) is 1. The van der Waals surface area contributed by atoms with Crippen molar-refractivity contribution in [3.8, 4) is 0 Å². The first kappa shape index (κ1) is 20.8. The molecule has 0 aromatic heterocycles. The molecule has 0 heterocycles. The molecule has 1 aromatic carbocycles. The number of halogens is 4. The van der Waals surface area contributed by atoms with Gasteiger partial charge in [-0.2, -0.15) is 13.1 Å². The smallest absolute Gasteiger partial charge is 0.336 e. The van der Waals surface area contributed by atoms with Crippen LogP contribution in [0, 0.1) is 0 Å². The Balaban J connectivity index is 2.79. The zero-order chi connectivity index (χ0) is 17.7. The van der Waals surface area contributed by atoms with E-state index in [2.05, 4.69) is 8.91 Å². The molecule has 0 aliphatic heterocycles. The summed E-state index contributed by atoms with van der Waals surface area (Å²) in [5.41, 5.74) is 0.438. The van der Waals surface area contributed by atoms with Crippen LogP contribution in [0.2, 0.25) is 5.02 Å². The van der Waals surface area contributed by atoms with Gasteiger partial charge in [0.25, 0.3) is 0 Å². The third kappa shape index (κ3) is 8.39. The Morgan fingerprint density at radius 1 is 1.30 bits per heavy atom. The van der Waals surface area contributed by atoms with Gasteiger partial charge >= 0.3 is 16.3 Å². The molecule has 0 aliphatic carbocycles. The molecular weight excluding hydrogens is 412 g/mol. The van der Waals surface area contributed by atoms with Gasteiger partial charge in [0, 0.05) is 17.5 Å². The van der Waals surface area contributed by atoms with E-state index in [9.17, 15) is 13.2 Å². The number of carbonyl (C=O) groups is 1. The van der Waals surface area contributed by atoms with Gasteiger partial charge in [0.2, 0.25) is 3.79 Å². The summed E-state index contributed by atoms with van der Waals surface area (Å²) >= 11 is 22.3. The molecule has 11 heteroatoms. The maximum Gasteiger partial charge on any atom is 0.336 e. The molecule has 0 saturated carbocycles. The molecule has 0 aliphatic rings. The molecule has 0 fully saturated rings. The number of hydrogen-bond donors (Lipinski definition) is 1. The lowest BCUT2D eigenvalue weighted by atomic mass is 10.1. The molecule has 1 aromatic rings. The van der Waals surface area contributed by atoms with Gasteiger partial charge in [0.05, 0.1) is 6.54 Å². The van der Waals surface area contributed by atoms with E-state index in [0.29, 0.717) is 10.6 Å². The van der Waals surface area contributed by atoms with Crippen molar-refractivity contribution in [2.45, 2.75) is 16.8 Å². The van der Waals surface area contributed by atoms with Crippen molar-refractivity contribution in [3.63, 3.8) is 0 Å². The molecule has 0 spiro atoms. The summed E-state index contributed by atoms with van der Waals surface area (Å²) in [6.07, 6.45) is -0.938. The molecule has 6 nitrogen and oxygen atoms in total. The Hall–Kier alpha value is -0.280. The van der Waals surface area contributed by atoms with Crippen LogP contribution in [-0.4, -0.2) is 31.3 Å². The van der Waals surface area contributed by atoms with Gasteiger partial charge in [0.1, 0.15) is 12.7 Å². The van der Waals surface area contributed by atoms with E-state index in [4.69, 9.17) is 51.1 Å². The zero-order valence-electron chi connectivity index (χ0n) is 11.8. The Morgan fingerprint density at radius 2 is 1.91 bits per heavy atom. The first-order valence-electron chi connectivity index (χ1n) is 6.12. The van der Waals surface area contributed by atoms with Crippen molar-refractivity contribution < 1.29 is 22.1 Å². The number of benzene rings is 1. The Morgan fingerprint density at radius 3 is 2.43 bits per heavy atom. The summed E-state index contributed by atoms with van der Waals surface area (Å²) in [5, 5.41) is 0.320. The van der Waals surface area contributed by atoms with Crippen molar-refractivity contribution in [1.82, 2.24) is 4.72 Å².